The zero-order valence-corrected chi connectivity index (χ0v) is 10.6. The van der Waals surface area contributed by atoms with Gasteiger partial charge in [-0.15, -0.1) is 0 Å². The Labute approximate surface area is 107 Å². The van der Waals surface area contributed by atoms with Crippen LogP contribution in [0.5, 0.6) is 0 Å². The number of anilines is 2. The van der Waals surface area contributed by atoms with Crippen LogP contribution >= 0.6 is 0 Å². The molecule has 0 heterocycles. The lowest BCUT2D eigenvalue weighted by atomic mass is 10.1. The molecule has 2 aromatic carbocycles. The molecule has 0 saturated heterocycles. The van der Waals surface area contributed by atoms with Gasteiger partial charge in [0.25, 0.3) is 0 Å². The molecule has 0 unspecified atom stereocenters. The van der Waals surface area contributed by atoms with Crippen LogP contribution in [0, 0.1) is 19.7 Å². The molecule has 0 atom stereocenters. The topological polar surface area (TPSA) is 38.0 Å². The Kier molecular flexibility index (Phi) is 3.51. The van der Waals surface area contributed by atoms with Gasteiger partial charge in [-0.05, 0) is 37.1 Å². The number of nitrogens with one attached hydrogen (secondary N) is 1. The summed E-state index contributed by atoms with van der Waals surface area (Å²) in [6, 6.07) is 10.9. The number of benzene rings is 2. The van der Waals surface area contributed by atoms with Gasteiger partial charge in [0, 0.05) is 6.54 Å². The van der Waals surface area contributed by atoms with Gasteiger partial charge < -0.3 is 11.1 Å². The number of rotatable bonds is 3. The molecule has 2 rings (SSSR count). The lowest BCUT2D eigenvalue weighted by molar-refractivity contribution is 0.630. The van der Waals surface area contributed by atoms with E-state index in [4.69, 9.17) is 5.73 Å². The summed E-state index contributed by atoms with van der Waals surface area (Å²) in [5.41, 5.74) is 10.1. The van der Waals surface area contributed by atoms with Crippen LogP contribution in [0.4, 0.5) is 15.8 Å². The zero-order valence-electron chi connectivity index (χ0n) is 10.6. The number of aryl methyl sites for hydroxylation is 2. The quantitative estimate of drug-likeness (QED) is 0.809. The van der Waals surface area contributed by atoms with Crippen LogP contribution in [-0.2, 0) is 6.54 Å². The van der Waals surface area contributed by atoms with Crippen molar-refractivity contribution in [3.63, 3.8) is 0 Å². The molecule has 0 aliphatic rings. The molecule has 0 saturated carbocycles. The first kappa shape index (κ1) is 12.4. The van der Waals surface area contributed by atoms with Crippen LogP contribution in [0.25, 0.3) is 0 Å². The highest BCUT2D eigenvalue weighted by Gasteiger charge is 2.06. The molecule has 0 radical (unpaired) electrons. The summed E-state index contributed by atoms with van der Waals surface area (Å²) in [4.78, 5) is 0. The van der Waals surface area contributed by atoms with Gasteiger partial charge in [0.1, 0.15) is 5.82 Å². The average molecular weight is 244 g/mol. The molecule has 0 spiro atoms. The Bertz CT molecular complexity index is 544. The smallest absolute Gasteiger partial charge is 0.148 e. The van der Waals surface area contributed by atoms with E-state index in [1.165, 1.54) is 17.2 Å². The molecule has 18 heavy (non-hydrogen) atoms. The highest BCUT2D eigenvalue weighted by Crippen LogP contribution is 2.23. The van der Waals surface area contributed by atoms with Crippen molar-refractivity contribution in [3.8, 4) is 0 Å². The summed E-state index contributed by atoms with van der Waals surface area (Å²) in [6.45, 7) is 4.67. The minimum Gasteiger partial charge on any atom is -0.397 e. The fourth-order valence-electron chi connectivity index (χ4n) is 1.96. The number of hydrogen-bond acceptors (Lipinski definition) is 2. The molecule has 3 N–H and O–H groups in total. The number of hydrogen-bond donors (Lipinski definition) is 2. The third-order valence-corrected chi connectivity index (χ3v) is 3.00. The standard InChI is InChI=1S/C15H17FN2/c1-10-6-7-12(11(2)8-10)9-18-15-13(16)4-3-5-14(15)17/h3-8,18H,9,17H2,1-2H3. The van der Waals surface area contributed by atoms with E-state index < -0.39 is 0 Å². The lowest BCUT2D eigenvalue weighted by Crippen LogP contribution is -2.05. The van der Waals surface area contributed by atoms with E-state index >= 15 is 0 Å². The molecule has 2 aromatic rings. The van der Waals surface area contributed by atoms with Crippen molar-refractivity contribution >= 4 is 11.4 Å². The van der Waals surface area contributed by atoms with Gasteiger partial charge in [0.2, 0.25) is 0 Å². The van der Waals surface area contributed by atoms with Crippen LogP contribution in [0.15, 0.2) is 36.4 Å². The van der Waals surface area contributed by atoms with Gasteiger partial charge in [-0.2, -0.15) is 0 Å². The second-order valence-electron chi connectivity index (χ2n) is 4.49. The Morgan fingerprint density at radius 3 is 2.61 bits per heavy atom. The Morgan fingerprint density at radius 2 is 1.94 bits per heavy atom. The van der Waals surface area contributed by atoms with E-state index in [1.54, 1.807) is 12.1 Å². The normalized spacial score (nSPS) is 10.4. The fraction of sp³-hybridized carbons (Fsp3) is 0.200. The molecular formula is C15H17FN2. The summed E-state index contributed by atoms with van der Waals surface area (Å²) < 4.78 is 13.6. The second-order valence-corrected chi connectivity index (χ2v) is 4.49. The van der Waals surface area contributed by atoms with Gasteiger partial charge in [0.05, 0.1) is 11.4 Å². The van der Waals surface area contributed by atoms with Crippen LogP contribution in [0.1, 0.15) is 16.7 Å². The summed E-state index contributed by atoms with van der Waals surface area (Å²) in [5, 5.41) is 3.06. The van der Waals surface area contributed by atoms with Crippen molar-refractivity contribution in [3.05, 3.63) is 58.9 Å². The lowest BCUT2D eigenvalue weighted by Gasteiger charge is -2.12. The van der Waals surface area contributed by atoms with Crippen molar-refractivity contribution in [2.24, 2.45) is 0 Å². The third kappa shape index (κ3) is 2.62. The largest absolute Gasteiger partial charge is 0.397 e. The fourth-order valence-corrected chi connectivity index (χ4v) is 1.96. The van der Waals surface area contributed by atoms with E-state index in [0.717, 1.165) is 5.56 Å². The van der Waals surface area contributed by atoms with Gasteiger partial charge in [-0.1, -0.05) is 29.8 Å². The second kappa shape index (κ2) is 5.08. The van der Waals surface area contributed by atoms with Crippen LogP contribution in [-0.4, -0.2) is 0 Å². The number of halogens is 1. The van der Waals surface area contributed by atoms with Crippen molar-refractivity contribution in [1.82, 2.24) is 0 Å². The predicted molar refractivity (Wildman–Crippen MR) is 74.1 cm³/mol. The monoisotopic (exact) mass is 244 g/mol. The Morgan fingerprint density at radius 1 is 1.17 bits per heavy atom. The molecule has 0 aromatic heterocycles. The van der Waals surface area contributed by atoms with E-state index in [9.17, 15) is 4.39 Å². The number of nitrogens with two attached hydrogens (primary N) is 1. The summed E-state index contributed by atoms with van der Waals surface area (Å²) in [5.74, 6) is -0.320. The molecule has 0 fully saturated rings. The maximum absolute atomic E-state index is 13.6. The SMILES string of the molecule is Cc1ccc(CNc2c(N)cccc2F)c(C)c1. The van der Waals surface area contributed by atoms with E-state index in [1.807, 2.05) is 0 Å². The minimum atomic E-state index is -0.320. The summed E-state index contributed by atoms with van der Waals surface area (Å²) >= 11 is 0. The molecule has 2 nitrogen and oxygen atoms in total. The summed E-state index contributed by atoms with van der Waals surface area (Å²) in [7, 11) is 0. The van der Waals surface area contributed by atoms with Crippen molar-refractivity contribution < 1.29 is 4.39 Å². The van der Waals surface area contributed by atoms with Gasteiger partial charge >= 0.3 is 0 Å². The first-order chi connectivity index (χ1) is 8.58. The molecule has 0 aliphatic heterocycles. The van der Waals surface area contributed by atoms with Gasteiger partial charge in [-0.3, -0.25) is 0 Å². The average Bonchev–Trinajstić information content (AvgIpc) is 2.31. The van der Waals surface area contributed by atoms with E-state index in [0.29, 0.717) is 17.9 Å². The Balaban J connectivity index is 2.16. The first-order valence-corrected chi connectivity index (χ1v) is 5.92. The van der Waals surface area contributed by atoms with Gasteiger partial charge in [0.15, 0.2) is 0 Å². The van der Waals surface area contributed by atoms with Crippen LogP contribution in [0.2, 0.25) is 0 Å². The zero-order chi connectivity index (χ0) is 13.1. The highest BCUT2D eigenvalue weighted by atomic mass is 19.1. The maximum Gasteiger partial charge on any atom is 0.148 e. The van der Waals surface area contributed by atoms with Crippen LogP contribution < -0.4 is 11.1 Å². The van der Waals surface area contributed by atoms with Gasteiger partial charge in [-0.25, -0.2) is 4.39 Å². The van der Waals surface area contributed by atoms with Crippen molar-refractivity contribution in [2.75, 3.05) is 11.1 Å². The molecule has 3 heteroatoms. The predicted octanol–water partition coefficient (Wildman–Crippen LogP) is 3.64. The molecular weight excluding hydrogens is 227 g/mol. The summed E-state index contributed by atoms with van der Waals surface area (Å²) in [6.07, 6.45) is 0. The maximum atomic E-state index is 13.6. The molecule has 94 valence electrons. The molecule has 0 amide bonds. The highest BCUT2D eigenvalue weighted by molar-refractivity contribution is 5.66. The molecule has 0 bridgehead atoms. The number of para-hydroxylation sites is 1. The Hall–Kier alpha value is -2.03. The van der Waals surface area contributed by atoms with Crippen LogP contribution in [0.3, 0.4) is 0 Å². The first-order valence-electron chi connectivity index (χ1n) is 5.92. The van der Waals surface area contributed by atoms with E-state index in [-0.39, 0.29) is 5.82 Å². The van der Waals surface area contributed by atoms with E-state index in [2.05, 4.69) is 37.4 Å². The number of nitrogen functional groups attached to an aromatic ring is 1. The molecule has 0 aliphatic carbocycles. The van der Waals surface area contributed by atoms with Crippen molar-refractivity contribution in [1.29, 1.82) is 0 Å². The van der Waals surface area contributed by atoms with Crippen molar-refractivity contribution in [2.45, 2.75) is 20.4 Å². The minimum absolute atomic E-state index is 0.320. The third-order valence-electron chi connectivity index (χ3n) is 3.00.